The zero-order valence-corrected chi connectivity index (χ0v) is 10.0. The lowest BCUT2D eigenvalue weighted by Gasteiger charge is -2.35. The van der Waals surface area contributed by atoms with Crippen molar-refractivity contribution in [3.63, 3.8) is 0 Å². The van der Waals surface area contributed by atoms with E-state index in [1.165, 1.54) is 0 Å². The van der Waals surface area contributed by atoms with E-state index in [0.717, 1.165) is 12.2 Å². The Balaban J connectivity index is 2.07. The Morgan fingerprint density at radius 2 is 2.47 bits per heavy atom. The first kappa shape index (κ1) is 12.1. The van der Waals surface area contributed by atoms with Crippen LogP contribution in [0.3, 0.4) is 0 Å². The summed E-state index contributed by atoms with van der Waals surface area (Å²) < 4.78 is 7.02. The van der Waals surface area contributed by atoms with Gasteiger partial charge in [0, 0.05) is 32.4 Å². The van der Waals surface area contributed by atoms with Crippen LogP contribution in [0.25, 0.3) is 0 Å². The van der Waals surface area contributed by atoms with Gasteiger partial charge in [0.15, 0.2) is 6.10 Å². The number of morpholine rings is 1. The lowest BCUT2D eigenvalue weighted by molar-refractivity contribution is -0.157. The average molecular weight is 239 g/mol. The van der Waals surface area contributed by atoms with Gasteiger partial charge in [-0.25, -0.2) is 4.79 Å². The van der Waals surface area contributed by atoms with Gasteiger partial charge in [0.1, 0.15) is 0 Å². The Bertz CT molecular complexity index is 404. The number of aliphatic carboxylic acids is 1. The normalized spacial score (nSPS) is 23.5. The van der Waals surface area contributed by atoms with Crippen molar-refractivity contribution in [2.24, 2.45) is 7.05 Å². The van der Waals surface area contributed by atoms with Crippen LogP contribution in [-0.4, -0.2) is 51.6 Å². The van der Waals surface area contributed by atoms with Gasteiger partial charge in [0.05, 0.1) is 12.3 Å². The smallest absolute Gasteiger partial charge is 0.334 e. The molecule has 0 amide bonds. The van der Waals surface area contributed by atoms with Crippen LogP contribution in [0, 0.1) is 0 Å². The van der Waals surface area contributed by atoms with Crippen molar-refractivity contribution in [2.75, 3.05) is 19.7 Å². The molecule has 6 nitrogen and oxygen atoms in total. The minimum absolute atomic E-state index is 0.147. The topological polar surface area (TPSA) is 67.6 Å². The van der Waals surface area contributed by atoms with Crippen LogP contribution in [0.15, 0.2) is 12.3 Å². The van der Waals surface area contributed by atoms with E-state index >= 15 is 0 Å². The maximum atomic E-state index is 10.9. The minimum Gasteiger partial charge on any atom is -0.479 e. The van der Waals surface area contributed by atoms with E-state index < -0.39 is 12.1 Å². The summed E-state index contributed by atoms with van der Waals surface area (Å²) in [6.07, 6.45) is 1.03. The van der Waals surface area contributed by atoms with Crippen LogP contribution in [-0.2, 0) is 16.6 Å². The number of hydrogen-bond acceptors (Lipinski definition) is 4. The first-order chi connectivity index (χ1) is 8.09. The molecule has 1 saturated heterocycles. The Kier molecular flexibility index (Phi) is 3.44. The third kappa shape index (κ3) is 2.48. The highest BCUT2D eigenvalue weighted by molar-refractivity contribution is 5.72. The Morgan fingerprint density at radius 3 is 3.06 bits per heavy atom. The summed E-state index contributed by atoms with van der Waals surface area (Å²) in [4.78, 5) is 13.0. The predicted octanol–water partition coefficient (Wildman–Crippen LogP) is 0.266. The van der Waals surface area contributed by atoms with Crippen molar-refractivity contribution in [2.45, 2.75) is 19.1 Å². The van der Waals surface area contributed by atoms with E-state index in [4.69, 9.17) is 9.84 Å². The second-order valence-electron chi connectivity index (χ2n) is 4.25. The van der Waals surface area contributed by atoms with Gasteiger partial charge in [-0.1, -0.05) is 0 Å². The summed E-state index contributed by atoms with van der Waals surface area (Å²) in [5.41, 5.74) is 1.08. The highest BCUT2D eigenvalue weighted by atomic mass is 16.5. The summed E-state index contributed by atoms with van der Waals surface area (Å²) >= 11 is 0. The first-order valence-electron chi connectivity index (χ1n) is 5.66. The fourth-order valence-corrected chi connectivity index (χ4v) is 2.15. The quantitative estimate of drug-likeness (QED) is 0.820. The molecule has 1 aliphatic rings. The SMILES string of the molecule is CC(c1ccnn1C)N1CCOC(C(=O)O)C1. The summed E-state index contributed by atoms with van der Waals surface area (Å²) in [6, 6.07) is 2.10. The highest BCUT2D eigenvalue weighted by Gasteiger charge is 2.29. The molecule has 2 unspecified atom stereocenters. The fourth-order valence-electron chi connectivity index (χ4n) is 2.15. The average Bonchev–Trinajstić information content (AvgIpc) is 2.74. The lowest BCUT2D eigenvalue weighted by Crippen LogP contribution is -2.47. The van der Waals surface area contributed by atoms with E-state index in [0.29, 0.717) is 13.2 Å². The number of aromatic nitrogens is 2. The van der Waals surface area contributed by atoms with Crippen LogP contribution in [0.1, 0.15) is 18.7 Å². The van der Waals surface area contributed by atoms with E-state index in [1.54, 1.807) is 6.20 Å². The van der Waals surface area contributed by atoms with Gasteiger partial charge in [-0.2, -0.15) is 5.10 Å². The van der Waals surface area contributed by atoms with Gasteiger partial charge >= 0.3 is 5.97 Å². The summed E-state index contributed by atoms with van der Waals surface area (Å²) in [5, 5.41) is 13.1. The second-order valence-corrected chi connectivity index (χ2v) is 4.25. The van der Waals surface area contributed by atoms with E-state index in [1.807, 2.05) is 17.8 Å². The minimum atomic E-state index is -0.896. The van der Waals surface area contributed by atoms with Gasteiger partial charge in [-0.3, -0.25) is 9.58 Å². The molecule has 0 aliphatic carbocycles. The molecule has 0 spiro atoms. The van der Waals surface area contributed by atoms with E-state index in [9.17, 15) is 4.79 Å². The third-order valence-corrected chi connectivity index (χ3v) is 3.21. The molecule has 17 heavy (non-hydrogen) atoms. The lowest BCUT2D eigenvalue weighted by atomic mass is 10.1. The molecule has 0 saturated carbocycles. The number of nitrogens with zero attached hydrogens (tertiary/aromatic N) is 3. The number of carbonyl (C=O) groups is 1. The third-order valence-electron chi connectivity index (χ3n) is 3.21. The maximum absolute atomic E-state index is 10.9. The molecule has 2 atom stereocenters. The molecular weight excluding hydrogens is 222 g/mol. The summed E-state index contributed by atoms with van der Waals surface area (Å²) in [5.74, 6) is -0.896. The molecule has 0 radical (unpaired) electrons. The van der Waals surface area contributed by atoms with Crippen molar-refractivity contribution in [1.82, 2.24) is 14.7 Å². The van der Waals surface area contributed by atoms with E-state index in [-0.39, 0.29) is 6.04 Å². The molecule has 1 aromatic rings. The molecule has 0 aromatic carbocycles. The molecule has 1 fully saturated rings. The van der Waals surface area contributed by atoms with E-state index in [2.05, 4.69) is 16.9 Å². The number of hydrogen-bond donors (Lipinski definition) is 1. The molecule has 94 valence electrons. The van der Waals surface area contributed by atoms with Crippen molar-refractivity contribution >= 4 is 5.97 Å². The second kappa shape index (κ2) is 4.85. The zero-order valence-electron chi connectivity index (χ0n) is 10.0. The van der Waals surface area contributed by atoms with Gasteiger partial charge < -0.3 is 9.84 Å². The predicted molar refractivity (Wildman–Crippen MR) is 60.6 cm³/mol. The molecule has 2 heterocycles. The highest BCUT2D eigenvalue weighted by Crippen LogP contribution is 2.21. The van der Waals surface area contributed by atoms with Crippen LogP contribution in [0.2, 0.25) is 0 Å². The molecule has 1 aliphatic heterocycles. The largest absolute Gasteiger partial charge is 0.479 e. The fraction of sp³-hybridized carbons (Fsp3) is 0.636. The standard InChI is InChI=1S/C11H17N3O3/c1-8(9-3-4-12-13(9)2)14-5-6-17-10(7-14)11(15)16/h3-4,8,10H,5-7H2,1-2H3,(H,15,16). The number of rotatable bonds is 3. The van der Waals surface area contributed by atoms with Gasteiger partial charge in [0.25, 0.3) is 0 Å². The molecular formula is C11H17N3O3. The van der Waals surface area contributed by atoms with Crippen LogP contribution in [0.5, 0.6) is 0 Å². The molecule has 0 bridgehead atoms. The van der Waals surface area contributed by atoms with Crippen molar-refractivity contribution in [3.8, 4) is 0 Å². The van der Waals surface area contributed by atoms with Crippen molar-refractivity contribution < 1.29 is 14.6 Å². The number of ether oxygens (including phenoxy) is 1. The van der Waals surface area contributed by atoms with Gasteiger partial charge in [0.2, 0.25) is 0 Å². The van der Waals surface area contributed by atoms with Gasteiger partial charge in [-0.05, 0) is 13.0 Å². The Hall–Kier alpha value is -1.40. The summed E-state index contributed by atoms with van der Waals surface area (Å²) in [7, 11) is 1.89. The number of aryl methyl sites for hydroxylation is 1. The maximum Gasteiger partial charge on any atom is 0.334 e. The molecule has 6 heteroatoms. The monoisotopic (exact) mass is 239 g/mol. The Labute approximate surface area is 99.8 Å². The number of carboxylic acid groups (broad SMARTS) is 1. The van der Waals surface area contributed by atoms with Crippen LogP contribution in [0.4, 0.5) is 0 Å². The number of carboxylic acids is 1. The van der Waals surface area contributed by atoms with Crippen LogP contribution >= 0.6 is 0 Å². The van der Waals surface area contributed by atoms with Gasteiger partial charge in [-0.15, -0.1) is 0 Å². The van der Waals surface area contributed by atoms with Crippen LogP contribution < -0.4 is 0 Å². The first-order valence-corrected chi connectivity index (χ1v) is 5.66. The van der Waals surface area contributed by atoms with Crippen molar-refractivity contribution in [1.29, 1.82) is 0 Å². The van der Waals surface area contributed by atoms with Crippen molar-refractivity contribution in [3.05, 3.63) is 18.0 Å². The molecule has 2 rings (SSSR count). The molecule has 1 N–H and O–H groups in total. The zero-order chi connectivity index (χ0) is 12.4. The summed E-state index contributed by atoms with van der Waals surface area (Å²) in [6.45, 7) is 3.68. The molecule has 1 aromatic heterocycles. The Morgan fingerprint density at radius 1 is 1.71 bits per heavy atom.